The van der Waals surface area contributed by atoms with E-state index in [9.17, 15) is 0 Å². The van der Waals surface area contributed by atoms with E-state index in [0.29, 0.717) is 0 Å². The quantitative estimate of drug-likeness (QED) is 0.843. The van der Waals surface area contributed by atoms with Gasteiger partial charge in [0.1, 0.15) is 0 Å². The summed E-state index contributed by atoms with van der Waals surface area (Å²) in [5.41, 5.74) is 5.13. The first-order valence-corrected chi connectivity index (χ1v) is 6.99. The zero-order chi connectivity index (χ0) is 13.8. The summed E-state index contributed by atoms with van der Waals surface area (Å²) in [5, 5.41) is 4.34. The summed E-state index contributed by atoms with van der Waals surface area (Å²) in [6.07, 6.45) is 0. The van der Waals surface area contributed by atoms with Crippen molar-refractivity contribution in [1.82, 2.24) is 5.32 Å². The van der Waals surface area contributed by atoms with Crippen LogP contribution >= 0.6 is 11.6 Å². The Labute approximate surface area is 120 Å². The highest BCUT2D eigenvalue weighted by Crippen LogP contribution is 2.22. The van der Waals surface area contributed by atoms with Crippen LogP contribution in [0, 0.1) is 13.8 Å². The molecule has 0 heterocycles. The first-order chi connectivity index (χ1) is 9.08. The van der Waals surface area contributed by atoms with Gasteiger partial charge in [0.25, 0.3) is 0 Å². The Hall–Kier alpha value is -1.31. The van der Waals surface area contributed by atoms with Crippen LogP contribution in [0.3, 0.4) is 0 Å². The molecular weight excluding hydrogens is 254 g/mol. The van der Waals surface area contributed by atoms with Crippen LogP contribution < -0.4 is 5.32 Å². The fourth-order valence-electron chi connectivity index (χ4n) is 2.12. The van der Waals surface area contributed by atoms with Gasteiger partial charge in [0.2, 0.25) is 0 Å². The van der Waals surface area contributed by atoms with Crippen molar-refractivity contribution < 1.29 is 0 Å². The number of halogens is 1. The lowest BCUT2D eigenvalue weighted by Crippen LogP contribution is -2.18. The molecule has 1 unspecified atom stereocenters. The molecule has 0 saturated heterocycles. The molecule has 2 rings (SSSR count). The highest BCUT2D eigenvalue weighted by molar-refractivity contribution is 6.31. The minimum Gasteiger partial charge on any atom is -0.306 e. The van der Waals surface area contributed by atoms with E-state index in [-0.39, 0.29) is 6.04 Å². The van der Waals surface area contributed by atoms with E-state index in [1.807, 2.05) is 18.2 Å². The third-order valence-corrected chi connectivity index (χ3v) is 3.90. The van der Waals surface area contributed by atoms with Gasteiger partial charge in [-0.15, -0.1) is 0 Å². The second-order valence-corrected chi connectivity index (χ2v) is 5.45. The molecule has 0 aliphatic carbocycles. The van der Waals surface area contributed by atoms with Gasteiger partial charge in [0.05, 0.1) is 0 Å². The van der Waals surface area contributed by atoms with Crippen molar-refractivity contribution in [3.05, 3.63) is 69.7 Å². The summed E-state index contributed by atoms with van der Waals surface area (Å²) < 4.78 is 0. The fraction of sp³-hybridized carbons (Fsp3) is 0.294. The lowest BCUT2D eigenvalue weighted by Gasteiger charge is -2.16. The molecule has 0 aliphatic rings. The van der Waals surface area contributed by atoms with E-state index < -0.39 is 0 Å². The van der Waals surface area contributed by atoms with Gasteiger partial charge in [-0.05, 0) is 49.1 Å². The summed E-state index contributed by atoms with van der Waals surface area (Å²) in [6.45, 7) is 7.28. The molecule has 0 fully saturated rings. The number of rotatable bonds is 4. The predicted octanol–water partition coefficient (Wildman–Crippen LogP) is 4.81. The first kappa shape index (κ1) is 14.1. The molecule has 0 aromatic heterocycles. The summed E-state index contributed by atoms with van der Waals surface area (Å²) in [7, 11) is 0. The maximum Gasteiger partial charge on any atom is 0.0453 e. The zero-order valence-corrected chi connectivity index (χ0v) is 12.5. The number of hydrogen-bond donors (Lipinski definition) is 1. The smallest absolute Gasteiger partial charge is 0.0453 e. The van der Waals surface area contributed by atoms with E-state index in [4.69, 9.17) is 11.6 Å². The molecule has 0 aliphatic heterocycles. The molecule has 19 heavy (non-hydrogen) atoms. The minimum absolute atomic E-state index is 0.246. The lowest BCUT2D eigenvalue weighted by atomic mass is 10.1. The molecule has 100 valence electrons. The lowest BCUT2D eigenvalue weighted by molar-refractivity contribution is 0.574. The predicted molar refractivity (Wildman–Crippen MR) is 82.6 cm³/mol. The molecule has 0 amide bonds. The minimum atomic E-state index is 0.246. The Kier molecular flexibility index (Phi) is 4.62. The first-order valence-electron chi connectivity index (χ1n) is 6.62. The summed E-state index contributed by atoms with van der Waals surface area (Å²) in [6, 6.07) is 14.8. The van der Waals surface area contributed by atoms with Crippen LogP contribution in [-0.4, -0.2) is 0 Å². The molecule has 0 bridgehead atoms. The van der Waals surface area contributed by atoms with E-state index in [0.717, 1.165) is 17.1 Å². The Bertz CT molecular complexity index is 563. The van der Waals surface area contributed by atoms with Crippen molar-refractivity contribution in [2.75, 3.05) is 0 Å². The molecule has 1 nitrogen and oxygen atoms in total. The van der Waals surface area contributed by atoms with Crippen molar-refractivity contribution in [3.63, 3.8) is 0 Å². The van der Waals surface area contributed by atoms with Crippen LogP contribution in [-0.2, 0) is 6.54 Å². The maximum atomic E-state index is 6.21. The van der Waals surface area contributed by atoms with E-state index in [2.05, 4.69) is 50.4 Å². The number of hydrogen-bond acceptors (Lipinski definition) is 1. The third kappa shape index (κ3) is 3.59. The Morgan fingerprint density at radius 2 is 1.79 bits per heavy atom. The van der Waals surface area contributed by atoms with E-state index in [1.54, 1.807) is 0 Å². The Balaban J connectivity index is 2.02. The SMILES string of the molecule is Cc1ccc(CNC(C)c2ccccc2Cl)cc1C. The molecule has 2 aromatic rings. The highest BCUT2D eigenvalue weighted by Gasteiger charge is 2.08. The van der Waals surface area contributed by atoms with Crippen LogP contribution in [0.15, 0.2) is 42.5 Å². The summed E-state index contributed by atoms with van der Waals surface area (Å²) in [5.74, 6) is 0. The molecule has 0 saturated carbocycles. The summed E-state index contributed by atoms with van der Waals surface area (Å²) in [4.78, 5) is 0. The second-order valence-electron chi connectivity index (χ2n) is 5.04. The molecule has 2 heteroatoms. The molecule has 0 spiro atoms. The monoisotopic (exact) mass is 273 g/mol. The van der Waals surface area contributed by atoms with Crippen LogP contribution in [0.4, 0.5) is 0 Å². The number of nitrogens with one attached hydrogen (secondary N) is 1. The van der Waals surface area contributed by atoms with Crippen molar-refractivity contribution in [2.24, 2.45) is 0 Å². The van der Waals surface area contributed by atoms with Gasteiger partial charge in [0.15, 0.2) is 0 Å². The molecule has 1 atom stereocenters. The Morgan fingerprint density at radius 3 is 2.47 bits per heavy atom. The van der Waals surface area contributed by atoms with Crippen LogP contribution in [0.1, 0.15) is 35.2 Å². The molecule has 1 N–H and O–H groups in total. The van der Waals surface area contributed by atoms with Gasteiger partial charge in [-0.1, -0.05) is 48.0 Å². The van der Waals surface area contributed by atoms with Crippen molar-refractivity contribution in [2.45, 2.75) is 33.4 Å². The topological polar surface area (TPSA) is 12.0 Å². The normalized spacial score (nSPS) is 12.4. The van der Waals surface area contributed by atoms with Crippen LogP contribution in [0.2, 0.25) is 5.02 Å². The molecule has 2 aromatic carbocycles. The van der Waals surface area contributed by atoms with Gasteiger partial charge in [-0.25, -0.2) is 0 Å². The van der Waals surface area contributed by atoms with Crippen molar-refractivity contribution >= 4 is 11.6 Å². The van der Waals surface area contributed by atoms with Crippen LogP contribution in [0.25, 0.3) is 0 Å². The fourth-order valence-corrected chi connectivity index (χ4v) is 2.42. The van der Waals surface area contributed by atoms with E-state index >= 15 is 0 Å². The Morgan fingerprint density at radius 1 is 1.05 bits per heavy atom. The standard InChI is InChI=1S/C17H20ClN/c1-12-8-9-15(10-13(12)2)11-19-14(3)16-6-4-5-7-17(16)18/h4-10,14,19H,11H2,1-3H3. The average Bonchev–Trinajstić information content (AvgIpc) is 2.40. The zero-order valence-electron chi connectivity index (χ0n) is 11.7. The van der Waals surface area contributed by atoms with Crippen molar-refractivity contribution in [1.29, 1.82) is 0 Å². The van der Waals surface area contributed by atoms with Gasteiger partial charge in [-0.2, -0.15) is 0 Å². The van der Waals surface area contributed by atoms with Gasteiger partial charge >= 0.3 is 0 Å². The number of benzene rings is 2. The summed E-state index contributed by atoms with van der Waals surface area (Å²) >= 11 is 6.21. The van der Waals surface area contributed by atoms with Crippen molar-refractivity contribution in [3.8, 4) is 0 Å². The second kappa shape index (κ2) is 6.23. The third-order valence-electron chi connectivity index (χ3n) is 3.56. The maximum absolute atomic E-state index is 6.21. The van der Waals surface area contributed by atoms with Crippen LogP contribution in [0.5, 0.6) is 0 Å². The highest BCUT2D eigenvalue weighted by atomic mass is 35.5. The molecule has 0 radical (unpaired) electrons. The van der Waals surface area contributed by atoms with Gasteiger partial charge < -0.3 is 5.32 Å². The van der Waals surface area contributed by atoms with Gasteiger partial charge in [0, 0.05) is 17.6 Å². The van der Waals surface area contributed by atoms with Gasteiger partial charge in [-0.3, -0.25) is 0 Å². The number of aryl methyl sites for hydroxylation is 2. The van der Waals surface area contributed by atoms with E-state index in [1.165, 1.54) is 16.7 Å². The average molecular weight is 274 g/mol. The largest absolute Gasteiger partial charge is 0.306 e. The molecular formula is C17H20ClN.